The molecule has 34 heavy (non-hydrogen) atoms. The van der Waals surface area contributed by atoms with Crippen molar-refractivity contribution in [3.05, 3.63) is 71.4 Å². The third-order valence-corrected chi connectivity index (χ3v) is 5.63. The van der Waals surface area contributed by atoms with Crippen LogP contribution in [0.4, 0.5) is 17.5 Å². The number of carboxylic acids is 2. The lowest BCUT2D eigenvalue weighted by Crippen LogP contribution is -2.30. The van der Waals surface area contributed by atoms with Gasteiger partial charge in [-0.3, -0.25) is 0 Å². The molecule has 0 saturated heterocycles. The summed E-state index contributed by atoms with van der Waals surface area (Å²) in [6.45, 7) is 2.17. The van der Waals surface area contributed by atoms with Crippen LogP contribution in [0.1, 0.15) is 29.7 Å². The Morgan fingerprint density at radius 3 is 2.41 bits per heavy atom. The number of hydrogen-bond acceptors (Lipinski definition) is 7. The summed E-state index contributed by atoms with van der Waals surface area (Å²) in [5.74, 6) is -1.00. The van der Waals surface area contributed by atoms with E-state index in [1.165, 1.54) is 29.7 Å². The van der Waals surface area contributed by atoms with Crippen molar-refractivity contribution in [1.29, 1.82) is 0 Å². The fraction of sp³-hybridized carbons (Fsp3) is 0.280. The van der Waals surface area contributed by atoms with Crippen LogP contribution in [-0.4, -0.2) is 45.3 Å². The Morgan fingerprint density at radius 2 is 1.65 bits per heavy atom. The standard InChI is InChI=1S/C23H24N4O.C2H2O4/c1-2-8-17(9-3-1)16-24-22-18-10-4-5-11-19(18)25-23(26-22)27-14-15-28-21-13-7-6-12-20(21)27;3-1(4)2(5)6/h1-3,6-9,12-13H,4-5,10-11,14-16H2,(H,24,25,26);(H,3,4)(H,5,6). The number of aliphatic carboxylic acids is 2. The molecule has 0 amide bonds. The van der Waals surface area contributed by atoms with Gasteiger partial charge in [0.1, 0.15) is 18.2 Å². The number of aromatic nitrogens is 2. The molecule has 2 aliphatic rings. The minimum atomic E-state index is -1.82. The molecule has 3 aromatic rings. The quantitative estimate of drug-likeness (QED) is 0.498. The minimum absolute atomic E-state index is 0.643. The number of anilines is 3. The van der Waals surface area contributed by atoms with Crippen molar-refractivity contribution in [2.45, 2.75) is 32.2 Å². The molecule has 0 fully saturated rings. The van der Waals surface area contributed by atoms with E-state index < -0.39 is 11.9 Å². The van der Waals surface area contributed by atoms with E-state index in [4.69, 9.17) is 34.5 Å². The van der Waals surface area contributed by atoms with Gasteiger partial charge in [0.25, 0.3) is 0 Å². The number of nitrogens with zero attached hydrogens (tertiary/aromatic N) is 3. The van der Waals surface area contributed by atoms with Crippen LogP contribution < -0.4 is 15.0 Å². The number of rotatable bonds is 4. The Hall–Kier alpha value is -4.14. The molecule has 2 heterocycles. The average Bonchev–Trinajstić information content (AvgIpc) is 2.87. The van der Waals surface area contributed by atoms with Crippen molar-refractivity contribution >= 4 is 29.4 Å². The van der Waals surface area contributed by atoms with E-state index in [9.17, 15) is 0 Å². The Bertz CT molecular complexity index is 1160. The number of benzene rings is 2. The van der Waals surface area contributed by atoms with Gasteiger partial charge < -0.3 is 25.2 Å². The normalized spacial score (nSPS) is 13.9. The number of nitrogens with one attached hydrogen (secondary N) is 1. The summed E-state index contributed by atoms with van der Waals surface area (Å²) < 4.78 is 5.81. The van der Waals surface area contributed by atoms with E-state index >= 15 is 0 Å². The Kier molecular flexibility index (Phi) is 7.22. The molecule has 1 aliphatic carbocycles. The number of fused-ring (bicyclic) bond motifs is 2. The van der Waals surface area contributed by atoms with E-state index in [2.05, 4.69) is 40.5 Å². The summed E-state index contributed by atoms with van der Waals surface area (Å²) in [5.41, 5.74) is 4.77. The predicted molar refractivity (Wildman–Crippen MR) is 127 cm³/mol. The highest BCUT2D eigenvalue weighted by atomic mass is 16.5. The topological polar surface area (TPSA) is 125 Å². The Labute approximate surface area is 197 Å². The van der Waals surface area contributed by atoms with Crippen LogP contribution in [0, 0.1) is 0 Å². The number of para-hydroxylation sites is 2. The molecule has 5 rings (SSSR count). The summed E-state index contributed by atoms with van der Waals surface area (Å²) in [4.78, 5) is 30.3. The van der Waals surface area contributed by atoms with Crippen LogP contribution >= 0.6 is 0 Å². The lowest BCUT2D eigenvalue weighted by Gasteiger charge is -2.31. The first-order valence-corrected chi connectivity index (χ1v) is 11.2. The highest BCUT2D eigenvalue weighted by Gasteiger charge is 2.25. The van der Waals surface area contributed by atoms with Gasteiger partial charge in [0.15, 0.2) is 0 Å². The zero-order valence-electron chi connectivity index (χ0n) is 18.6. The molecular weight excluding hydrogens is 436 g/mol. The van der Waals surface area contributed by atoms with Crippen LogP contribution in [0.15, 0.2) is 54.6 Å². The van der Waals surface area contributed by atoms with Crippen molar-refractivity contribution in [3.63, 3.8) is 0 Å². The Morgan fingerprint density at radius 1 is 0.941 bits per heavy atom. The van der Waals surface area contributed by atoms with Crippen LogP contribution in [0.2, 0.25) is 0 Å². The highest BCUT2D eigenvalue weighted by Crippen LogP contribution is 2.36. The third kappa shape index (κ3) is 5.43. The number of ether oxygens (including phenoxy) is 1. The second-order valence-corrected chi connectivity index (χ2v) is 7.92. The van der Waals surface area contributed by atoms with Gasteiger partial charge in [-0.2, -0.15) is 4.98 Å². The molecule has 176 valence electrons. The van der Waals surface area contributed by atoms with Gasteiger partial charge in [-0.05, 0) is 43.4 Å². The monoisotopic (exact) mass is 462 g/mol. The second kappa shape index (κ2) is 10.7. The van der Waals surface area contributed by atoms with Gasteiger partial charge in [0.05, 0.1) is 17.9 Å². The summed E-state index contributed by atoms with van der Waals surface area (Å²) in [7, 11) is 0. The summed E-state index contributed by atoms with van der Waals surface area (Å²) in [6, 6.07) is 18.6. The number of carboxylic acid groups (broad SMARTS) is 2. The summed E-state index contributed by atoms with van der Waals surface area (Å²) >= 11 is 0. The number of hydrogen-bond donors (Lipinski definition) is 3. The molecule has 0 spiro atoms. The molecule has 1 aliphatic heterocycles. The smallest absolute Gasteiger partial charge is 0.414 e. The van der Waals surface area contributed by atoms with Crippen LogP contribution in [0.5, 0.6) is 5.75 Å². The molecule has 3 N–H and O–H groups in total. The molecule has 0 bridgehead atoms. The molecule has 9 nitrogen and oxygen atoms in total. The van der Waals surface area contributed by atoms with E-state index in [1.54, 1.807) is 0 Å². The van der Waals surface area contributed by atoms with E-state index in [-0.39, 0.29) is 0 Å². The van der Waals surface area contributed by atoms with Crippen molar-refractivity contribution in [3.8, 4) is 5.75 Å². The first-order chi connectivity index (χ1) is 16.5. The first kappa shape index (κ1) is 23.0. The van der Waals surface area contributed by atoms with Crippen molar-refractivity contribution in [2.75, 3.05) is 23.4 Å². The molecule has 0 radical (unpaired) electrons. The molecule has 0 unspecified atom stereocenters. The third-order valence-electron chi connectivity index (χ3n) is 5.63. The molecule has 9 heteroatoms. The van der Waals surface area contributed by atoms with Gasteiger partial charge in [0, 0.05) is 12.1 Å². The van der Waals surface area contributed by atoms with Crippen molar-refractivity contribution in [1.82, 2.24) is 9.97 Å². The maximum Gasteiger partial charge on any atom is 0.414 e. The average molecular weight is 463 g/mol. The zero-order valence-corrected chi connectivity index (χ0v) is 18.6. The van der Waals surface area contributed by atoms with E-state index in [1.807, 2.05) is 24.3 Å². The first-order valence-electron chi connectivity index (χ1n) is 11.2. The highest BCUT2D eigenvalue weighted by molar-refractivity contribution is 6.27. The largest absolute Gasteiger partial charge is 0.490 e. The fourth-order valence-corrected chi connectivity index (χ4v) is 4.01. The van der Waals surface area contributed by atoms with Crippen LogP contribution in [-0.2, 0) is 29.0 Å². The van der Waals surface area contributed by atoms with Gasteiger partial charge in [0.2, 0.25) is 5.95 Å². The number of aryl methyl sites for hydroxylation is 1. The van der Waals surface area contributed by atoms with Crippen LogP contribution in [0.25, 0.3) is 0 Å². The minimum Gasteiger partial charge on any atom is -0.490 e. The zero-order chi connectivity index (χ0) is 23.9. The molecule has 2 aromatic carbocycles. The summed E-state index contributed by atoms with van der Waals surface area (Å²) in [5, 5.41) is 18.4. The summed E-state index contributed by atoms with van der Waals surface area (Å²) in [6.07, 6.45) is 4.47. The van der Waals surface area contributed by atoms with Crippen LogP contribution in [0.3, 0.4) is 0 Å². The lowest BCUT2D eigenvalue weighted by atomic mass is 9.96. The lowest BCUT2D eigenvalue weighted by molar-refractivity contribution is -0.159. The van der Waals surface area contributed by atoms with Gasteiger partial charge >= 0.3 is 11.9 Å². The van der Waals surface area contributed by atoms with Gasteiger partial charge in [-0.1, -0.05) is 42.5 Å². The van der Waals surface area contributed by atoms with Crippen molar-refractivity contribution < 1.29 is 24.5 Å². The fourth-order valence-electron chi connectivity index (χ4n) is 4.01. The van der Waals surface area contributed by atoms with Crippen molar-refractivity contribution in [2.24, 2.45) is 0 Å². The SMILES string of the molecule is O=C(O)C(=O)O.c1ccc(CNc2nc(N3CCOc4ccccc43)nc3c2CCCC3)cc1. The molecule has 1 aromatic heterocycles. The maximum absolute atomic E-state index is 9.10. The molecule has 0 saturated carbocycles. The van der Waals surface area contributed by atoms with E-state index in [0.29, 0.717) is 6.61 Å². The number of carbonyl (C=O) groups is 2. The second-order valence-electron chi connectivity index (χ2n) is 7.92. The van der Waals surface area contributed by atoms with E-state index in [0.717, 1.165) is 49.1 Å². The predicted octanol–water partition coefficient (Wildman–Crippen LogP) is 3.65. The van der Waals surface area contributed by atoms with Gasteiger partial charge in [-0.15, -0.1) is 0 Å². The maximum atomic E-state index is 9.10. The molecular formula is C25H26N4O5. The Balaban J connectivity index is 0.000000408. The molecule has 0 atom stereocenters. The van der Waals surface area contributed by atoms with Gasteiger partial charge in [-0.25, -0.2) is 14.6 Å².